The van der Waals surface area contributed by atoms with E-state index >= 15 is 0 Å². The summed E-state index contributed by atoms with van der Waals surface area (Å²) < 4.78 is 10.3. The summed E-state index contributed by atoms with van der Waals surface area (Å²) in [5.41, 5.74) is 5.25. The number of hydrogen-bond acceptors (Lipinski definition) is 4. The Hall–Kier alpha value is -0.920. The van der Waals surface area contributed by atoms with Crippen molar-refractivity contribution in [3.05, 3.63) is 0 Å². The highest BCUT2D eigenvalue weighted by atomic mass is 32.1. The van der Waals surface area contributed by atoms with Crippen LogP contribution in [0.25, 0.3) is 0 Å². The Morgan fingerprint density at radius 3 is 3.00 bits per heavy atom. The molecule has 104 valence electrons. The highest BCUT2D eigenvalue weighted by molar-refractivity contribution is 7.80. The first kappa shape index (κ1) is 15.1. The van der Waals surface area contributed by atoms with Crippen LogP contribution in [0.4, 0.5) is 0 Å². The van der Waals surface area contributed by atoms with Crippen molar-refractivity contribution in [1.29, 1.82) is 0 Å². The lowest BCUT2D eigenvalue weighted by molar-refractivity contribution is -0.125. The van der Waals surface area contributed by atoms with Gasteiger partial charge in [0.25, 0.3) is 0 Å². The monoisotopic (exact) mass is 275 g/mol. The number of carbonyl (C=O) groups is 1. The smallest absolute Gasteiger partial charge is 0.243 e. The fraction of sp³-hybridized carbons (Fsp3) is 0.818. The third-order valence-corrected chi connectivity index (χ3v) is 2.80. The van der Waals surface area contributed by atoms with Crippen LogP contribution < -0.4 is 16.2 Å². The Balaban J connectivity index is 2.00. The van der Waals surface area contributed by atoms with E-state index in [1.54, 1.807) is 0 Å². The third-order valence-electron chi connectivity index (χ3n) is 2.55. The molecule has 0 aromatic carbocycles. The average Bonchev–Trinajstić information content (AvgIpc) is 2.89. The summed E-state index contributed by atoms with van der Waals surface area (Å²) in [5.74, 6) is -0.149. The Morgan fingerprint density at radius 2 is 2.33 bits per heavy atom. The molecule has 1 saturated heterocycles. The van der Waals surface area contributed by atoms with E-state index in [0.717, 1.165) is 19.4 Å². The Bertz CT molecular complexity index is 270. The lowest BCUT2D eigenvalue weighted by Gasteiger charge is -2.13. The number of nitrogens with one attached hydrogen (secondary N) is 3. The molecule has 0 spiro atoms. The van der Waals surface area contributed by atoms with Crippen molar-refractivity contribution in [1.82, 2.24) is 16.2 Å². The molecule has 1 heterocycles. The van der Waals surface area contributed by atoms with Gasteiger partial charge in [0.1, 0.15) is 0 Å². The summed E-state index contributed by atoms with van der Waals surface area (Å²) in [5, 5.41) is 3.40. The van der Waals surface area contributed by atoms with Crippen LogP contribution in [0.15, 0.2) is 0 Å². The zero-order chi connectivity index (χ0) is 13.2. The van der Waals surface area contributed by atoms with Crippen LogP contribution in [0, 0.1) is 5.92 Å². The van der Waals surface area contributed by atoms with Crippen LogP contribution in [0.2, 0.25) is 0 Å². The van der Waals surface area contributed by atoms with Gasteiger partial charge in [-0.3, -0.25) is 15.6 Å². The number of hydrazine groups is 1. The van der Waals surface area contributed by atoms with Crippen molar-refractivity contribution in [2.45, 2.75) is 19.8 Å². The molecule has 1 unspecified atom stereocenters. The van der Waals surface area contributed by atoms with Gasteiger partial charge in [0.05, 0.1) is 12.5 Å². The van der Waals surface area contributed by atoms with E-state index in [2.05, 4.69) is 16.2 Å². The number of ether oxygens (including phenoxy) is 2. The quantitative estimate of drug-likeness (QED) is 0.358. The lowest BCUT2D eigenvalue weighted by atomic mass is 10.1. The number of amides is 1. The van der Waals surface area contributed by atoms with Crippen molar-refractivity contribution < 1.29 is 14.3 Å². The number of thiocarbonyl (C=S) groups is 1. The maximum Gasteiger partial charge on any atom is 0.243 e. The van der Waals surface area contributed by atoms with Crippen LogP contribution >= 0.6 is 12.2 Å². The minimum absolute atomic E-state index is 0.0711. The second-order valence-electron chi connectivity index (χ2n) is 3.98. The van der Waals surface area contributed by atoms with Gasteiger partial charge in [-0.25, -0.2) is 0 Å². The zero-order valence-electron chi connectivity index (χ0n) is 10.7. The van der Waals surface area contributed by atoms with Gasteiger partial charge >= 0.3 is 0 Å². The fourth-order valence-electron chi connectivity index (χ4n) is 1.53. The normalized spacial score (nSPS) is 18.4. The Labute approximate surface area is 113 Å². The topological polar surface area (TPSA) is 71.6 Å². The Morgan fingerprint density at radius 1 is 1.50 bits per heavy atom. The number of rotatable bonds is 6. The number of carbonyl (C=O) groups excluding carboxylic acids is 1. The molecule has 0 aromatic heterocycles. The van der Waals surface area contributed by atoms with Gasteiger partial charge < -0.3 is 14.8 Å². The van der Waals surface area contributed by atoms with Crippen molar-refractivity contribution >= 4 is 23.2 Å². The van der Waals surface area contributed by atoms with Crippen LogP contribution in [0.5, 0.6) is 0 Å². The number of hydrogen-bond donors (Lipinski definition) is 3. The summed E-state index contributed by atoms with van der Waals surface area (Å²) in [7, 11) is 0. The Kier molecular flexibility index (Phi) is 7.63. The molecule has 0 radical (unpaired) electrons. The molecule has 0 aromatic rings. The summed E-state index contributed by atoms with van der Waals surface area (Å²) in [6, 6.07) is 0. The highest BCUT2D eigenvalue weighted by Crippen LogP contribution is 2.11. The predicted molar refractivity (Wildman–Crippen MR) is 71.9 cm³/mol. The maximum absolute atomic E-state index is 11.6. The molecule has 7 heteroatoms. The van der Waals surface area contributed by atoms with E-state index < -0.39 is 0 Å². The van der Waals surface area contributed by atoms with Crippen LogP contribution in [-0.4, -0.2) is 44.0 Å². The SMILES string of the molecule is CCOCCCNC(=S)NNC(=O)C1CCOC1. The van der Waals surface area contributed by atoms with Crippen molar-refractivity contribution in [3.8, 4) is 0 Å². The summed E-state index contributed by atoms with van der Waals surface area (Å²) >= 11 is 5.02. The van der Waals surface area contributed by atoms with Gasteiger partial charge in [-0.1, -0.05) is 0 Å². The second kappa shape index (κ2) is 9.07. The second-order valence-corrected chi connectivity index (χ2v) is 4.39. The van der Waals surface area contributed by atoms with Crippen LogP contribution in [0.3, 0.4) is 0 Å². The molecule has 1 amide bonds. The van der Waals surface area contributed by atoms with Gasteiger partial charge in [-0.2, -0.15) is 0 Å². The molecule has 1 aliphatic rings. The largest absolute Gasteiger partial charge is 0.382 e. The van der Waals surface area contributed by atoms with Crippen LogP contribution in [0.1, 0.15) is 19.8 Å². The van der Waals surface area contributed by atoms with Crippen molar-refractivity contribution in [2.24, 2.45) is 5.92 Å². The van der Waals surface area contributed by atoms with Crippen molar-refractivity contribution in [3.63, 3.8) is 0 Å². The zero-order valence-corrected chi connectivity index (χ0v) is 11.5. The standard InChI is InChI=1S/C11H21N3O3S/c1-2-16-6-3-5-12-11(18)14-13-10(15)9-4-7-17-8-9/h9H,2-8H2,1H3,(H,13,15)(H2,12,14,18). The van der Waals surface area contributed by atoms with Gasteiger partial charge in [-0.15, -0.1) is 0 Å². The van der Waals surface area contributed by atoms with E-state index in [1.807, 2.05) is 6.92 Å². The molecular weight excluding hydrogens is 254 g/mol. The van der Waals surface area contributed by atoms with Gasteiger partial charge in [0.2, 0.25) is 5.91 Å². The van der Waals surface area contributed by atoms with Gasteiger partial charge in [-0.05, 0) is 32.0 Å². The van der Waals surface area contributed by atoms with E-state index in [-0.39, 0.29) is 11.8 Å². The molecule has 1 rings (SSSR count). The van der Waals surface area contributed by atoms with E-state index in [9.17, 15) is 4.79 Å². The lowest BCUT2D eigenvalue weighted by Crippen LogP contribution is -2.49. The molecule has 0 saturated carbocycles. The minimum atomic E-state index is -0.0778. The average molecular weight is 275 g/mol. The molecule has 1 fully saturated rings. The minimum Gasteiger partial charge on any atom is -0.382 e. The third kappa shape index (κ3) is 6.13. The molecule has 18 heavy (non-hydrogen) atoms. The van der Waals surface area contributed by atoms with E-state index in [4.69, 9.17) is 21.7 Å². The first-order chi connectivity index (χ1) is 8.74. The predicted octanol–water partition coefficient (Wildman–Crippen LogP) is -0.0552. The molecule has 3 N–H and O–H groups in total. The maximum atomic E-state index is 11.6. The molecule has 6 nitrogen and oxygen atoms in total. The van der Waals surface area contributed by atoms with E-state index in [1.165, 1.54) is 0 Å². The molecule has 1 atom stereocenters. The van der Waals surface area contributed by atoms with Crippen LogP contribution in [-0.2, 0) is 14.3 Å². The van der Waals surface area contributed by atoms with E-state index in [0.29, 0.717) is 31.5 Å². The molecule has 0 aliphatic carbocycles. The highest BCUT2D eigenvalue weighted by Gasteiger charge is 2.23. The first-order valence-corrected chi connectivity index (χ1v) is 6.64. The summed E-state index contributed by atoms with van der Waals surface area (Å²) in [6.45, 7) is 5.25. The molecular formula is C11H21N3O3S. The van der Waals surface area contributed by atoms with Crippen molar-refractivity contribution in [2.75, 3.05) is 33.0 Å². The fourth-order valence-corrected chi connectivity index (χ4v) is 1.68. The first-order valence-electron chi connectivity index (χ1n) is 6.23. The molecule has 0 bridgehead atoms. The molecule has 1 aliphatic heterocycles. The van der Waals surface area contributed by atoms with Gasteiger partial charge in [0.15, 0.2) is 5.11 Å². The van der Waals surface area contributed by atoms with Gasteiger partial charge in [0, 0.05) is 26.4 Å². The summed E-state index contributed by atoms with van der Waals surface area (Å²) in [4.78, 5) is 11.6. The summed E-state index contributed by atoms with van der Waals surface area (Å²) in [6.07, 6.45) is 1.64.